The number of aromatic amines is 1. The molecule has 1 heterocycles. The highest BCUT2D eigenvalue weighted by Crippen LogP contribution is 2.30. The van der Waals surface area contributed by atoms with Gasteiger partial charge in [0.1, 0.15) is 11.4 Å². The summed E-state index contributed by atoms with van der Waals surface area (Å²) in [5.41, 5.74) is 1.83. The number of aryl methyl sites for hydroxylation is 1. The summed E-state index contributed by atoms with van der Waals surface area (Å²) in [7, 11) is 0. The van der Waals surface area contributed by atoms with Crippen LogP contribution in [0, 0.1) is 5.92 Å². The first-order valence-corrected chi connectivity index (χ1v) is 10.7. The number of carbonyl (C=O) groups excluding carboxylic acids is 1. The normalized spacial score (nSPS) is 13.0. The molecule has 3 aromatic rings. The minimum atomic E-state index is -0.327. The van der Waals surface area contributed by atoms with Crippen molar-refractivity contribution in [3.63, 3.8) is 0 Å². The van der Waals surface area contributed by atoms with Gasteiger partial charge in [-0.3, -0.25) is 9.59 Å². The number of ether oxygens (including phenoxy) is 1. The van der Waals surface area contributed by atoms with Crippen molar-refractivity contribution in [2.45, 2.75) is 32.1 Å². The molecule has 160 valence electrons. The monoisotopic (exact) mass is 418 g/mol. The fraction of sp³-hybridized carbons (Fsp3) is 0.333. The van der Waals surface area contributed by atoms with Crippen molar-refractivity contribution in [1.29, 1.82) is 0 Å². The van der Waals surface area contributed by atoms with Crippen LogP contribution >= 0.6 is 0 Å². The Kier molecular flexibility index (Phi) is 6.72. The number of nitrogens with one attached hydrogen (secondary N) is 2. The molecule has 7 heteroatoms. The van der Waals surface area contributed by atoms with E-state index in [9.17, 15) is 9.59 Å². The first-order chi connectivity index (χ1) is 15.2. The second kappa shape index (κ2) is 10.0. The van der Waals surface area contributed by atoms with Crippen molar-refractivity contribution in [2.75, 3.05) is 13.2 Å². The largest absolute Gasteiger partial charge is 0.493 e. The van der Waals surface area contributed by atoms with Crippen molar-refractivity contribution in [2.24, 2.45) is 5.92 Å². The molecule has 2 N–H and O–H groups in total. The molecular weight excluding hydrogens is 392 g/mol. The molecule has 0 bridgehead atoms. The number of benzene rings is 2. The van der Waals surface area contributed by atoms with E-state index in [0.717, 1.165) is 24.3 Å². The van der Waals surface area contributed by atoms with Gasteiger partial charge in [0.2, 0.25) is 5.91 Å². The van der Waals surface area contributed by atoms with E-state index in [1.807, 2.05) is 54.6 Å². The van der Waals surface area contributed by atoms with Gasteiger partial charge in [0, 0.05) is 24.9 Å². The first-order valence-electron chi connectivity index (χ1n) is 10.7. The Morgan fingerprint density at radius 1 is 1.06 bits per heavy atom. The number of rotatable bonds is 10. The van der Waals surface area contributed by atoms with Crippen LogP contribution in [0.25, 0.3) is 11.4 Å². The van der Waals surface area contributed by atoms with Crippen molar-refractivity contribution >= 4 is 5.91 Å². The maximum atomic E-state index is 12.4. The third kappa shape index (κ3) is 6.25. The van der Waals surface area contributed by atoms with Crippen molar-refractivity contribution in [3.05, 3.63) is 76.2 Å². The van der Waals surface area contributed by atoms with Gasteiger partial charge >= 0.3 is 0 Å². The number of hydrogen-bond acceptors (Lipinski definition) is 5. The Hall–Kier alpha value is -3.48. The molecule has 0 aliphatic heterocycles. The van der Waals surface area contributed by atoms with Crippen molar-refractivity contribution in [3.8, 4) is 17.1 Å². The van der Waals surface area contributed by atoms with Gasteiger partial charge in [0.05, 0.1) is 6.61 Å². The van der Waals surface area contributed by atoms with Crippen LogP contribution in [-0.2, 0) is 17.6 Å². The molecule has 1 aromatic heterocycles. The maximum absolute atomic E-state index is 12.4. The molecule has 1 saturated carbocycles. The minimum Gasteiger partial charge on any atom is -0.493 e. The molecule has 1 amide bonds. The topological polar surface area (TPSA) is 97.0 Å². The molecule has 1 fully saturated rings. The Morgan fingerprint density at radius 2 is 1.90 bits per heavy atom. The molecule has 0 atom stereocenters. The van der Waals surface area contributed by atoms with E-state index in [1.165, 1.54) is 18.4 Å². The molecule has 7 nitrogen and oxygen atoms in total. The van der Waals surface area contributed by atoms with E-state index in [-0.39, 0.29) is 30.0 Å². The zero-order valence-electron chi connectivity index (χ0n) is 17.3. The van der Waals surface area contributed by atoms with Gasteiger partial charge < -0.3 is 15.0 Å². The van der Waals surface area contributed by atoms with Crippen LogP contribution in [0.2, 0.25) is 0 Å². The van der Waals surface area contributed by atoms with Gasteiger partial charge in [0.25, 0.3) is 5.56 Å². The summed E-state index contributed by atoms with van der Waals surface area (Å²) < 4.78 is 5.79. The lowest BCUT2D eigenvalue weighted by atomic mass is 10.1. The van der Waals surface area contributed by atoms with Crippen LogP contribution < -0.4 is 15.6 Å². The summed E-state index contributed by atoms with van der Waals surface area (Å²) in [4.78, 5) is 27.3. The smallest absolute Gasteiger partial charge is 0.273 e. The van der Waals surface area contributed by atoms with E-state index in [1.54, 1.807) is 0 Å². The van der Waals surface area contributed by atoms with Crippen LogP contribution in [0.15, 0.2) is 59.4 Å². The number of hydrogen-bond donors (Lipinski definition) is 2. The summed E-state index contributed by atoms with van der Waals surface area (Å²) >= 11 is 0. The number of H-pyrrole nitrogens is 1. The molecule has 31 heavy (non-hydrogen) atoms. The van der Waals surface area contributed by atoms with Crippen molar-refractivity contribution < 1.29 is 9.53 Å². The van der Waals surface area contributed by atoms with Crippen LogP contribution in [0.5, 0.6) is 5.75 Å². The summed E-state index contributed by atoms with van der Waals surface area (Å²) in [6.45, 7) is 1.28. The standard InChI is InChI=1S/C24H26N4O3/c29-22(25-14-13-17-5-2-1-3-6-17)12-11-21-24(30)26-23(28-27-21)19-7-4-8-20(15-19)31-16-18-9-10-18/h1-8,15,18H,9-14,16H2,(H,25,29)(H,26,28,30). The van der Waals surface area contributed by atoms with Gasteiger partial charge in [-0.2, -0.15) is 0 Å². The third-order valence-electron chi connectivity index (χ3n) is 5.22. The predicted octanol–water partition coefficient (Wildman–Crippen LogP) is 2.91. The number of nitrogens with zero attached hydrogens (tertiary/aromatic N) is 2. The van der Waals surface area contributed by atoms with Gasteiger partial charge in [-0.15, -0.1) is 10.2 Å². The van der Waals surface area contributed by atoms with Gasteiger partial charge in [-0.25, -0.2) is 0 Å². The van der Waals surface area contributed by atoms with Crippen LogP contribution in [-0.4, -0.2) is 34.2 Å². The molecule has 0 radical (unpaired) electrons. The van der Waals surface area contributed by atoms with Gasteiger partial charge in [-0.1, -0.05) is 42.5 Å². The molecule has 0 saturated heterocycles. The Bertz CT molecular complexity index is 1080. The Labute approximate surface area is 180 Å². The number of carbonyl (C=O) groups is 1. The van der Waals surface area contributed by atoms with Crippen LogP contribution in [0.3, 0.4) is 0 Å². The minimum absolute atomic E-state index is 0.110. The van der Waals surface area contributed by atoms with E-state index < -0.39 is 0 Å². The molecule has 0 spiro atoms. The lowest BCUT2D eigenvalue weighted by Crippen LogP contribution is -2.27. The highest BCUT2D eigenvalue weighted by atomic mass is 16.5. The average Bonchev–Trinajstić information content (AvgIpc) is 3.62. The first kappa shape index (κ1) is 20.8. The van der Waals surface area contributed by atoms with Crippen LogP contribution in [0.4, 0.5) is 0 Å². The lowest BCUT2D eigenvalue weighted by Gasteiger charge is -2.07. The van der Waals surface area contributed by atoms with E-state index >= 15 is 0 Å². The third-order valence-corrected chi connectivity index (χ3v) is 5.22. The highest BCUT2D eigenvalue weighted by molar-refractivity contribution is 5.76. The Balaban J connectivity index is 1.28. The van der Waals surface area contributed by atoms with Gasteiger partial charge in [0.15, 0.2) is 5.82 Å². The number of aromatic nitrogens is 3. The fourth-order valence-corrected chi connectivity index (χ4v) is 3.20. The second-order valence-corrected chi connectivity index (χ2v) is 7.82. The summed E-state index contributed by atoms with van der Waals surface area (Å²) in [6.07, 6.45) is 3.65. The molecular formula is C24H26N4O3. The molecule has 2 aromatic carbocycles. The molecule has 1 aliphatic rings. The van der Waals surface area contributed by atoms with E-state index in [4.69, 9.17) is 4.74 Å². The summed E-state index contributed by atoms with van der Waals surface area (Å²) in [5, 5.41) is 11.1. The molecule has 1 aliphatic carbocycles. The second-order valence-electron chi connectivity index (χ2n) is 7.82. The maximum Gasteiger partial charge on any atom is 0.273 e. The van der Waals surface area contributed by atoms with E-state index in [0.29, 0.717) is 18.3 Å². The highest BCUT2D eigenvalue weighted by Gasteiger charge is 2.22. The quantitative estimate of drug-likeness (QED) is 0.528. The number of amides is 1. The molecule has 4 rings (SSSR count). The van der Waals surface area contributed by atoms with Gasteiger partial charge in [-0.05, 0) is 42.9 Å². The fourth-order valence-electron chi connectivity index (χ4n) is 3.20. The van der Waals surface area contributed by atoms with E-state index in [2.05, 4.69) is 20.5 Å². The summed E-state index contributed by atoms with van der Waals surface area (Å²) in [5.74, 6) is 1.70. The SMILES string of the molecule is O=C(CCc1nnc(-c2cccc(OCC3CC3)c2)[nH]c1=O)NCCc1ccccc1. The van der Waals surface area contributed by atoms with Crippen molar-refractivity contribution in [1.82, 2.24) is 20.5 Å². The molecule has 0 unspecified atom stereocenters. The lowest BCUT2D eigenvalue weighted by molar-refractivity contribution is -0.121. The zero-order valence-corrected chi connectivity index (χ0v) is 17.3. The average molecular weight is 418 g/mol. The zero-order chi connectivity index (χ0) is 21.5. The summed E-state index contributed by atoms with van der Waals surface area (Å²) in [6, 6.07) is 17.4. The Morgan fingerprint density at radius 3 is 2.68 bits per heavy atom. The van der Waals surface area contributed by atoms with Crippen LogP contribution in [0.1, 0.15) is 30.5 Å². The predicted molar refractivity (Wildman–Crippen MR) is 118 cm³/mol.